The Morgan fingerprint density at radius 1 is 1.42 bits per heavy atom. The van der Waals surface area contributed by atoms with Crippen molar-refractivity contribution in [2.75, 3.05) is 12.0 Å². The number of methoxy groups -OCH3 is 1. The highest BCUT2D eigenvalue weighted by Crippen LogP contribution is 2.53. The van der Waals surface area contributed by atoms with Crippen LogP contribution >= 0.6 is 0 Å². The van der Waals surface area contributed by atoms with Gasteiger partial charge in [-0.2, -0.15) is 0 Å². The summed E-state index contributed by atoms with van der Waals surface area (Å²) in [4.78, 5) is 13.8. The molecule has 2 N–H and O–H groups in total. The van der Waals surface area contributed by atoms with Crippen molar-refractivity contribution in [3.8, 4) is 0 Å². The molecule has 2 saturated carbocycles. The van der Waals surface area contributed by atoms with Crippen LogP contribution in [-0.4, -0.2) is 19.2 Å². The molecule has 0 saturated heterocycles. The van der Waals surface area contributed by atoms with Crippen LogP contribution in [0.1, 0.15) is 42.7 Å². The number of nitrogens with zero attached hydrogens (tertiary/aromatic N) is 1. The summed E-state index contributed by atoms with van der Waals surface area (Å²) in [6.45, 7) is 0. The van der Waals surface area contributed by atoms with Crippen LogP contribution in [0.2, 0.25) is 0 Å². The van der Waals surface area contributed by atoms with Gasteiger partial charge in [0, 0.05) is 17.5 Å². The molecule has 0 bridgehead atoms. The number of anilines is 1. The van der Waals surface area contributed by atoms with E-state index in [1.807, 2.05) is 11.0 Å². The maximum absolute atomic E-state index is 11.9. The summed E-state index contributed by atoms with van der Waals surface area (Å²) in [6, 6.07) is 6.65. The van der Waals surface area contributed by atoms with Crippen molar-refractivity contribution in [2.24, 2.45) is 5.73 Å². The molecule has 4 heteroatoms. The Morgan fingerprint density at radius 2 is 2.21 bits per heavy atom. The topological polar surface area (TPSA) is 55.6 Å². The highest BCUT2D eigenvalue weighted by atomic mass is 16.5. The second-order valence-corrected chi connectivity index (χ2v) is 6.02. The van der Waals surface area contributed by atoms with Crippen molar-refractivity contribution in [2.45, 2.75) is 43.2 Å². The van der Waals surface area contributed by atoms with Gasteiger partial charge in [0.25, 0.3) is 0 Å². The molecule has 1 aromatic carbocycles. The highest BCUT2D eigenvalue weighted by Gasteiger charge is 2.49. The van der Waals surface area contributed by atoms with Crippen LogP contribution in [-0.2, 0) is 10.3 Å². The molecule has 1 amide bonds. The Balaban J connectivity index is 1.78. The molecular formula is C15H18N2O2. The van der Waals surface area contributed by atoms with Crippen LogP contribution in [0, 0.1) is 0 Å². The van der Waals surface area contributed by atoms with Crippen molar-refractivity contribution >= 4 is 11.8 Å². The molecule has 0 spiro atoms. The molecule has 1 heterocycles. The number of ether oxygens (including phenoxy) is 1. The monoisotopic (exact) mass is 258 g/mol. The van der Waals surface area contributed by atoms with E-state index >= 15 is 0 Å². The van der Waals surface area contributed by atoms with Crippen molar-refractivity contribution in [1.29, 1.82) is 0 Å². The number of carbonyl (C=O) groups excluding carboxylic acids is 1. The first-order valence-corrected chi connectivity index (χ1v) is 6.94. The molecule has 2 atom stereocenters. The molecule has 4 nitrogen and oxygen atoms in total. The van der Waals surface area contributed by atoms with E-state index in [0.29, 0.717) is 12.0 Å². The normalized spacial score (nSPS) is 29.3. The molecule has 1 aliphatic heterocycles. The molecule has 2 fully saturated rings. The van der Waals surface area contributed by atoms with Crippen molar-refractivity contribution in [3.05, 3.63) is 29.3 Å². The van der Waals surface area contributed by atoms with Gasteiger partial charge in [-0.25, -0.2) is 4.79 Å². The number of nitrogens with two attached hydrogens (primary N) is 1. The minimum absolute atomic E-state index is 0.104. The predicted octanol–water partition coefficient (Wildman–Crippen LogP) is 2.47. The van der Waals surface area contributed by atoms with Gasteiger partial charge < -0.3 is 10.5 Å². The third-order valence-corrected chi connectivity index (χ3v) is 4.99. The Morgan fingerprint density at radius 3 is 2.79 bits per heavy atom. The molecule has 100 valence electrons. The zero-order valence-electron chi connectivity index (χ0n) is 11.1. The van der Waals surface area contributed by atoms with Crippen LogP contribution in [0.15, 0.2) is 18.2 Å². The summed E-state index contributed by atoms with van der Waals surface area (Å²) in [5, 5.41) is 0. The lowest BCUT2D eigenvalue weighted by atomic mass is 9.77. The van der Waals surface area contributed by atoms with E-state index in [0.717, 1.165) is 31.4 Å². The van der Waals surface area contributed by atoms with Gasteiger partial charge >= 0.3 is 6.09 Å². The van der Waals surface area contributed by atoms with Crippen molar-refractivity contribution in [1.82, 2.24) is 0 Å². The Bertz CT molecular complexity index is 565. The summed E-state index contributed by atoms with van der Waals surface area (Å²) >= 11 is 0. The van der Waals surface area contributed by atoms with Gasteiger partial charge in [0.1, 0.15) is 0 Å². The molecule has 2 aliphatic carbocycles. The number of rotatable bonds is 1. The predicted molar refractivity (Wildman–Crippen MR) is 72.2 cm³/mol. The first-order chi connectivity index (χ1) is 9.14. The number of benzene rings is 1. The number of amides is 1. The lowest BCUT2D eigenvalue weighted by molar-refractivity contribution is 0.171. The van der Waals surface area contributed by atoms with Gasteiger partial charge in [-0.1, -0.05) is 12.1 Å². The Kier molecular flexibility index (Phi) is 2.09. The van der Waals surface area contributed by atoms with Crippen LogP contribution in [0.5, 0.6) is 0 Å². The average molecular weight is 258 g/mol. The molecule has 3 aliphatic rings. The van der Waals surface area contributed by atoms with Crippen LogP contribution < -0.4 is 10.6 Å². The fraction of sp³-hybridized carbons (Fsp3) is 0.533. The number of hydrogen-bond acceptors (Lipinski definition) is 3. The van der Waals surface area contributed by atoms with E-state index in [4.69, 9.17) is 10.5 Å². The number of carbonyl (C=O) groups is 1. The Hall–Kier alpha value is -1.55. The van der Waals surface area contributed by atoms with Gasteiger partial charge in [-0.15, -0.1) is 0 Å². The van der Waals surface area contributed by atoms with Gasteiger partial charge in [-0.05, 0) is 42.9 Å². The maximum atomic E-state index is 11.9. The second kappa shape index (κ2) is 3.51. The van der Waals surface area contributed by atoms with Crippen molar-refractivity contribution in [3.63, 3.8) is 0 Å². The van der Waals surface area contributed by atoms with E-state index < -0.39 is 0 Å². The van der Waals surface area contributed by atoms with E-state index in [2.05, 4.69) is 12.1 Å². The molecule has 0 aromatic heterocycles. The van der Waals surface area contributed by atoms with Crippen LogP contribution in [0.4, 0.5) is 10.5 Å². The third kappa shape index (κ3) is 1.40. The summed E-state index contributed by atoms with van der Waals surface area (Å²) in [5.74, 6) is 0.483. The van der Waals surface area contributed by atoms with E-state index in [-0.39, 0.29) is 11.6 Å². The fourth-order valence-electron chi connectivity index (χ4n) is 3.47. The Labute approximate surface area is 112 Å². The van der Waals surface area contributed by atoms with Gasteiger partial charge in [-0.3, -0.25) is 4.90 Å². The minimum Gasteiger partial charge on any atom is -0.452 e. The second-order valence-electron chi connectivity index (χ2n) is 6.02. The van der Waals surface area contributed by atoms with E-state index in [1.165, 1.54) is 18.2 Å². The summed E-state index contributed by atoms with van der Waals surface area (Å²) < 4.78 is 4.92. The van der Waals surface area contributed by atoms with Crippen molar-refractivity contribution < 1.29 is 9.53 Å². The fourth-order valence-corrected chi connectivity index (χ4v) is 3.47. The minimum atomic E-state index is -0.241. The van der Waals surface area contributed by atoms with Gasteiger partial charge in [0.15, 0.2) is 0 Å². The highest BCUT2D eigenvalue weighted by molar-refractivity contribution is 5.92. The standard InChI is InChI=1S/C15H18N2O2/c1-19-14(18)17-12-5-3-10(12)11-8-9(2-4-13(11)17)15(16)6-7-15/h2,4,8,10,12H,3,5-7,16H2,1H3. The lowest BCUT2D eigenvalue weighted by Crippen LogP contribution is -2.43. The SMILES string of the molecule is COC(=O)N1c2ccc(C3(N)CC3)cc2C2CCC21. The number of hydrogen-bond donors (Lipinski definition) is 1. The molecule has 1 aromatic rings. The zero-order chi connectivity index (χ0) is 13.2. The van der Waals surface area contributed by atoms with Gasteiger partial charge in [0.2, 0.25) is 0 Å². The molecular weight excluding hydrogens is 240 g/mol. The van der Waals surface area contributed by atoms with E-state index in [9.17, 15) is 4.79 Å². The number of fused-ring (bicyclic) bond motifs is 3. The smallest absolute Gasteiger partial charge is 0.414 e. The quantitative estimate of drug-likeness (QED) is 0.842. The molecule has 19 heavy (non-hydrogen) atoms. The van der Waals surface area contributed by atoms with Crippen LogP contribution in [0.3, 0.4) is 0 Å². The average Bonchev–Trinajstić information content (AvgIpc) is 3.08. The van der Waals surface area contributed by atoms with Gasteiger partial charge in [0.05, 0.1) is 12.8 Å². The largest absolute Gasteiger partial charge is 0.452 e. The summed E-state index contributed by atoms with van der Waals surface area (Å²) in [6.07, 6.45) is 4.13. The molecule has 0 radical (unpaired) electrons. The van der Waals surface area contributed by atoms with Crippen LogP contribution in [0.25, 0.3) is 0 Å². The molecule has 2 unspecified atom stereocenters. The summed E-state index contributed by atoms with van der Waals surface area (Å²) in [5.41, 5.74) is 9.71. The molecule has 4 rings (SSSR count). The van der Waals surface area contributed by atoms with E-state index in [1.54, 1.807) is 0 Å². The first kappa shape index (κ1) is 11.3. The zero-order valence-corrected chi connectivity index (χ0v) is 11.1. The maximum Gasteiger partial charge on any atom is 0.414 e. The summed E-state index contributed by atoms with van der Waals surface area (Å²) in [7, 11) is 1.45. The lowest BCUT2D eigenvalue weighted by Gasteiger charge is -2.35. The first-order valence-electron chi connectivity index (χ1n) is 6.94. The third-order valence-electron chi connectivity index (χ3n) is 4.99.